The Labute approximate surface area is 146 Å². The lowest BCUT2D eigenvalue weighted by atomic mass is 9.96. The van der Waals surface area contributed by atoms with Gasteiger partial charge in [-0.15, -0.1) is 0 Å². The van der Waals surface area contributed by atoms with Gasteiger partial charge in [-0.05, 0) is 12.5 Å². The van der Waals surface area contributed by atoms with E-state index in [4.69, 9.17) is 10.1 Å². The first-order chi connectivity index (χ1) is 12.2. The van der Waals surface area contributed by atoms with Crippen LogP contribution in [-0.2, 0) is 9.53 Å². The highest BCUT2D eigenvalue weighted by atomic mass is 16.5. The van der Waals surface area contributed by atoms with Gasteiger partial charge in [-0.3, -0.25) is 9.89 Å². The number of nitrogens with zero attached hydrogens (tertiary/aromatic N) is 1. The highest BCUT2D eigenvalue weighted by molar-refractivity contribution is 6.11. The van der Waals surface area contributed by atoms with E-state index in [0.717, 1.165) is 22.4 Å². The molecule has 0 aliphatic rings. The Morgan fingerprint density at radius 3 is 2.24 bits per heavy atom. The minimum absolute atomic E-state index is 0.0932. The quantitative estimate of drug-likeness (QED) is 0.527. The number of rotatable bonds is 6. The maximum atomic E-state index is 11.8. The van der Waals surface area contributed by atoms with Crippen molar-refractivity contribution in [2.75, 3.05) is 6.61 Å². The zero-order valence-corrected chi connectivity index (χ0v) is 14.0. The first kappa shape index (κ1) is 16.6. The van der Waals surface area contributed by atoms with Crippen LogP contribution in [0.25, 0.3) is 22.4 Å². The van der Waals surface area contributed by atoms with Crippen LogP contribution in [0.3, 0.4) is 0 Å². The molecule has 0 unspecified atom stereocenters. The summed E-state index contributed by atoms with van der Waals surface area (Å²) < 4.78 is 4.96. The Balaban J connectivity index is 2.06. The number of benzene rings is 2. The molecule has 0 amide bonds. The van der Waals surface area contributed by atoms with Crippen molar-refractivity contribution in [3.63, 3.8) is 0 Å². The largest absolute Gasteiger partial charge is 0.466 e. The number of hydrogen-bond acceptors (Lipinski definition) is 4. The van der Waals surface area contributed by atoms with E-state index >= 15 is 0 Å². The van der Waals surface area contributed by atoms with E-state index in [1.165, 1.54) is 0 Å². The molecule has 0 spiro atoms. The molecule has 0 radical (unpaired) electrons. The fourth-order valence-electron chi connectivity index (χ4n) is 2.70. The predicted octanol–water partition coefficient (Wildman–Crippen LogP) is 4.06. The van der Waals surface area contributed by atoms with Gasteiger partial charge in [-0.25, -0.2) is 0 Å². The molecule has 0 aliphatic heterocycles. The van der Waals surface area contributed by atoms with Crippen LogP contribution in [0.5, 0.6) is 0 Å². The highest BCUT2D eigenvalue weighted by Gasteiger charge is 2.21. The minimum Gasteiger partial charge on any atom is -0.466 e. The molecule has 126 valence electrons. The van der Waals surface area contributed by atoms with Crippen LogP contribution in [0.2, 0.25) is 0 Å². The third-order valence-electron chi connectivity index (χ3n) is 3.80. The van der Waals surface area contributed by atoms with Crippen molar-refractivity contribution in [2.24, 2.45) is 0 Å². The summed E-state index contributed by atoms with van der Waals surface area (Å²) in [6.07, 6.45) is -0.0932. The summed E-state index contributed by atoms with van der Waals surface area (Å²) in [5, 5.41) is 15.7. The van der Waals surface area contributed by atoms with Gasteiger partial charge in [0.05, 0.1) is 24.4 Å². The Morgan fingerprint density at radius 1 is 1.04 bits per heavy atom. The maximum Gasteiger partial charge on any atom is 0.311 e. The summed E-state index contributed by atoms with van der Waals surface area (Å²) in [4.78, 5) is 11.8. The normalized spacial score (nSPS) is 10.4. The van der Waals surface area contributed by atoms with Gasteiger partial charge in [-0.1, -0.05) is 60.7 Å². The van der Waals surface area contributed by atoms with Gasteiger partial charge < -0.3 is 10.1 Å². The lowest BCUT2D eigenvalue weighted by Crippen LogP contribution is -2.12. The maximum absolute atomic E-state index is 11.8. The van der Waals surface area contributed by atoms with Crippen LogP contribution in [0.1, 0.15) is 19.0 Å². The van der Waals surface area contributed by atoms with Crippen molar-refractivity contribution in [3.05, 3.63) is 66.4 Å². The number of esters is 1. The van der Waals surface area contributed by atoms with Gasteiger partial charge in [0.25, 0.3) is 0 Å². The van der Waals surface area contributed by atoms with E-state index in [9.17, 15) is 4.79 Å². The summed E-state index contributed by atoms with van der Waals surface area (Å²) in [7, 11) is 0. The fraction of sp³-hybridized carbons (Fsp3) is 0.150. The highest BCUT2D eigenvalue weighted by Crippen LogP contribution is 2.33. The van der Waals surface area contributed by atoms with Gasteiger partial charge in [0.15, 0.2) is 0 Å². The Kier molecular flexibility index (Phi) is 5.04. The second-order valence-electron chi connectivity index (χ2n) is 5.51. The molecular weight excluding hydrogens is 314 g/mol. The minimum atomic E-state index is -0.414. The van der Waals surface area contributed by atoms with Crippen molar-refractivity contribution in [3.8, 4) is 22.4 Å². The number of carbonyl (C=O) groups excluding carboxylic acids is 1. The number of ether oxygens (including phenoxy) is 1. The van der Waals surface area contributed by atoms with E-state index in [1.54, 1.807) is 6.92 Å². The molecule has 0 bridgehead atoms. The fourth-order valence-corrected chi connectivity index (χ4v) is 2.70. The van der Waals surface area contributed by atoms with Crippen LogP contribution in [0.15, 0.2) is 60.7 Å². The second kappa shape index (κ2) is 7.57. The molecule has 0 aliphatic carbocycles. The molecule has 3 rings (SSSR count). The SMILES string of the molecule is CCOC(=O)CC(=N)c1[nH]nc(-c2ccccc2)c1-c1ccccc1. The van der Waals surface area contributed by atoms with Crippen molar-refractivity contribution in [1.29, 1.82) is 5.41 Å². The smallest absolute Gasteiger partial charge is 0.311 e. The lowest BCUT2D eigenvalue weighted by Gasteiger charge is -2.08. The molecule has 2 aromatic carbocycles. The van der Waals surface area contributed by atoms with Crippen molar-refractivity contribution in [1.82, 2.24) is 10.2 Å². The molecule has 0 fully saturated rings. The standard InChI is InChI=1S/C20H19N3O2/c1-2-25-17(24)13-16(21)20-18(14-9-5-3-6-10-14)19(22-23-20)15-11-7-4-8-12-15/h3-12,21H,2,13H2,1H3,(H,22,23). The first-order valence-electron chi connectivity index (χ1n) is 8.13. The Bertz CT molecular complexity index is 870. The van der Waals surface area contributed by atoms with Gasteiger partial charge in [-0.2, -0.15) is 5.10 Å². The van der Waals surface area contributed by atoms with Crippen LogP contribution >= 0.6 is 0 Å². The summed E-state index contributed by atoms with van der Waals surface area (Å²) in [6, 6.07) is 19.5. The molecule has 1 aromatic heterocycles. The topological polar surface area (TPSA) is 78.8 Å². The van der Waals surface area contributed by atoms with E-state index in [-0.39, 0.29) is 12.1 Å². The number of hydrogen-bond donors (Lipinski definition) is 2. The number of nitrogens with one attached hydrogen (secondary N) is 2. The van der Waals surface area contributed by atoms with Crippen molar-refractivity contribution >= 4 is 11.7 Å². The number of aromatic nitrogens is 2. The molecule has 3 aromatic rings. The lowest BCUT2D eigenvalue weighted by molar-refractivity contribution is -0.141. The zero-order valence-electron chi connectivity index (χ0n) is 14.0. The molecule has 1 heterocycles. The van der Waals surface area contributed by atoms with E-state index in [2.05, 4.69) is 10.2 Å². The average Bonchev–Trinajstić information content (AvgIpc) is 3.08. The number of aromatic amines is 1. The average molecular weight is 333 g/mol. The third kappa shape index (κ3) is 3.66. The van der Waals surface area contributed by atoms with Crippen LogP contribution in [0.4, 0.5) is 0 Å². The molecule has 5 heteroatoms. The predicted molar refractivity (Wildman–Crippen MR) is 97.5 cm³/mol. The number of H-pyrrole nitrogens is 1. The molecule has 0 atom stereocenters. The molecule has 25 heavy (non-hydrogen) atoms. The van der Waals surface area contributed by atoms with Gasteiger partial charge in [0.1, 0.15) is 5.69 Å². The molecule has 0 saturated heterocycles. The third-order valence-corrected chi connectivity index (χ3v) is 3.80. The van der Waals surface area contributed by atoms with Crippen LogP contribution in [-0.4, -0.2) is 28.5 Å². The summed E-state index contributed by atoms with van der Waals surface area (Å²) in [5.74, 6) is -0.414. The summed E-state index contributed by atoms with van der Waals surface area (Å²) >= 11 is 0. The second-order valence-corrected chi connectivity index (χ2v) is 5.51. The molecule has 2 N–H and O–H groups in total. The first-order valence-corrected chi connectivity index (χ1v) is 8.13. The monoisotopic (exact) mass is 333 g/mol. The van der Waals surface area contributed by atoms with Crippen LogP contribution in [0, 0.1) is 5.41 Å². The van der Waals surface area contributed by atoms with E-state index in [0.29, 0.717) is 12.3 Å². The van der Waals surface area contributed by atoms with Gasteiger partial charge >= 0.3 is 5.97 Å². The van der Waals surface area contributed by atoms with Crippen molar-refractivity contribution in [2.45, 2.75) is 13.3 Å². The zero-order chi connectivity index (χ0) is 17.6. The Hall–Kier alpha value is -3.21. The number of carbonyl (C=O) groups is 1. The van der Waals surface area contributed by atoms with E-state index in [1.807, 2.05) is 60.7 Å². The van der Waals surface area contributed by atoms with Gasteiger partial charge in [0, 0.05) is 11.1 Å². The summed E-state index contributed by atoms with van der Waals surface area (Å²) in [6.45, 7) is 2.05. The molecule has 0 saturated carbocycles. The summed E-state index contributed by atoms with van der Waals surface area (Å²) in [5.41, 5.74) is 4.17. The Morgan fingerprint density at radius 2 is 1.64 bits per heavy atom. The van der Waals surface area contributed by atoms with Crippen molar-refractivity contribution < 1.29 is 9.53 Å². The molecular formula is C20H19N3O2. The molecule has 5 nitrogen and oxygen atoms in total. The van der Waals surface area contributed by atoms with Crippen LogP contribution < -0.4 is 0 Å². The van der Waals surface area contributed by atoms with Gasteiger partial charge in [0.2, 0.25) is 0 Å². The van der Waals surface area contributed by atoms with E-state index < -0.39 is 5.97 Å².